The van der Waals surface area contributed by atoms with E-state index in [1.54, 1.807) is 0 Å². The molecule has 0 aromatic carbocycles. The Hall–Kier alpha value is -0.520. The van der Waals surface area contributed by atoms with Gasteiger partial charge in [0.1, 0.15) is 0 Å². The Labute approximate surface area is 69.5 Å². The van der Waals surface area contributed by atoms with Crippen LogP contribution in [0.3, 0.4) is 0 Å². The van der Waals surface area contributed by atoms with E-state index < -0.39 is 16.9 Å². The zero-order chi connectivity index (χ0) is 8.43. The van der Waals surface area contributed by atoms with E-state index in [0.717, 1.165) is 12.3 Å². The summed E-state index contributed by atoms with van der Waals surface area (Å²) in [5, 5.41) is -0.306. The predicted octanol–water partition coefficient (Wildman–Crippen LogP) is 1.45. The number of hydrogen-bond acceptors (Lipinski definition) is 2. The molecule has 1 aromatic rings. The molecule has 11 heavy (non-hydrogen) atoms. The van der Waals surface area contributed by atoms with E-state index in [2.05, 4.69) is 4.98 Å². The van der Waals surface area contributed by atoms with Crippen molar-refractivity contribution < 1.29 is 13.2 Å². The van der Waals surface area contributed by atoms with Crippen molar-refractivity contribution in [2.75, 3.05) is 0 Å². The van der Waals surface area contributed by atoms with Crippen molar-refractivity contribution in [2.45, 2.75) is 4.90 Å². The topological polar surface area (TPSA) is 50.2 Å². The third-order valence-corrected chi connectivity index (χ3v) is 1.88. The molecule has 3 nitrogen and oxygen atoms in total. The van der Waals surface area contributed by atoms with Crippen LogP contribution >= 0.6 is 11.6 Å². The van der Waals surface area contributed by atoms with Crippen LogP contribution < -0.4 is 0 Å². The first kappa shape index (κ1) is 8.58. The molecule has 1 atom stereocenters. The van der Waals surface area contributed by atoms with Gasteiger partial charge in [0.25, 0.3) is 0 Å². The number of hydrogen-bond donors (Lipinski definition) is 1. The van der Waals surface area contributed by atoms with Gasteiger partial charge in [-0.25, -0.2) is 13.6 Å². The summed E-state index contributed by atoms with van der Waals surface area (Å²) < 4.78 is 31.3. The fourth-order valence-electron chi connectivity index (χ4n) is 0.499. The van der Waals surface area contributed by atoms with Crippen molar-refractivity contribution in [3.05, 3.63) is 23.2 Å². The molecule has 0 saturated carbocycles. The van der Waals surface area contributed by atoms with Crippen molar-refractivity contribution in [1.82, 2.24) is 4.98 Å². The molecule has 1 rings (SSSR count). The van der Waals surface area contributed by atoms with E-state index in [0.29, 0.717) is 0 Å². The lowest BCUT2D eigenvalue weighted by Crippen LogP contribution is -1.91. The summed E-state index contributed by atoms with van der Waals surface area (Å²) in [5.41, 5.74) is 0. The van der Waals surface area contributed by atoms with Gasteiger partial charge in [0, 0.05) is 6.20 Å². The second-order valence-corrected chi connectivity index (χ2v) is 3.02. The standard InChI is InChI=1S/C5H3ClFNO2S/c6-5-4(7)1-3(2-8-5)11(9)10/h1-2H,(H,9,10). The molecule has 0 aliphatic carbocycles. The first-order valence-corrected chi connectivity index (χ1v) is 4.01. The maximum absolute atomic E-state index is 12.5. The first-order valence-electron chi connectivity index (χ1n) is 2.53. The predicted molar refractivity (Wildman–Crippen MR) is 38.2 cm³/mol. The Kier molecular flexibility index (Phi) is 2.53. The summed E-state index contributed by atoms with van der Waals surface area (Å²) >= 11 is 3.01. The maximum atomic E-state index is 12.5. The highest BCUT2D eigenvalue weighted by Gasteiger charge is 2.05. The molecule has 0 saturated heterocycles. The van der Waals surface area contributed by atoms with Crippen LogP contribution in [0, 0.1) is 5.82 Å². The Morgan fingerprint density at radius 2 is 2.36 bits per heavy atom. The van der Waals surface area contributed by atoms with Gasteiger partial charge < -0.3 is 4.55 Å². The average molecular weight is 196 g/mol. The highest BCUT2D eigenvalue weighted by molar-refractivity contribution is 7.79. The molecule has 1 aromatic heterocycles. The molecular weight excluding hydrogens is 193 g/mol. The lowest BCUT2D eigenvalue weighted by atomic mass is 10.5. The van der Waals surface area contributed by atoms with Crippen LogP contribution in [0.15, 0.2) is 17.2 Å². The van der Waals surface area contributed by atoms with Crippen LogP contribution in [-0.2, 0) is 11.1 Å². The molecule has 1 heterocycles. The van der Waals surface area contributed by atoms with Crippen molar-refractivity contribution in [2.24, 2.45) is 0 Å². The molecule has 0 aliphatic heterocycles. The van der Waals surface area contributed by atoms with Crippen LogP contribution in [0.4, 0.5) is 4.39 Å². The van der Waals surface area contributed by atoms with Crippen LogP contribution in [0.25, 0.3) is 0 Å². The molecule has 0 amide bonds. The number of aromatic nitrogens is 1. The van der Waals surface area contributed by atoms with Crippen LogP contribution in [-0.4, -0.2) is 13.7 Å². The Morgan fingerprint density at radius 1 is 1.73 bits per heavy atom. The summed E-state index contributed by atoms with van der Waals surface area (Å²) in [6.45, 7) is 0. The third-order valence-electron chi connectivity index (χ3n) is 0.973. The lowest BCUT2D eigenvalue weighted by molar-refractivity contribution is 0.560. The number of halogens is 2. The fourth-order valence-corrected chi connectivity index (χ4v) is 0.950. The minimum Gasteiger partial charge on any atom is -0.302 e. The zero-order valence-corrected chi connectivity index (χ0v) is 6.69. The first-order chi connectivity index (χ1) is 5.11. The van der Waals surface area contributed by atoms with Gasteiger partial charge in [0.15, 0.2) is 22.1 Å². The highest BCUT2D eigenvalue weighted by atomic mass is 35.5. The summed E-state index contributed by atoms with van der Waals surface area (Å²) in [6, 6.07) is 0.867. The quantitative estimate of drug-likeness (QED) is 0.545. The van der Waals surface area contributed by atoms with Crippen molar-refractivity contribution in [1.29, 1.82) is 0 Å². The Morgan fingerprint density at radius 3 is 2.82 bits per heavy atom. The average Bonchev–Trinajstić information content (AvgIpc) is 1.94. The Bertz CT molecular complexity index is 307. The highest BCUT2D eigenvalue weighted by Crippen LogP contribution is 2.13. The lowest BCUT2D eigenvalue weighted by Gasteiger charge is -1.94. The van der Waals surface area contributed by atoms with Gasteiger partial charge in [0.2, 0.25) is 0 Å². The smallest absolute Gasteiger partial charge is 0.188 e. The molecule has 0 spiro atoms. The van der Waals surface area contributed by atoms with Gasteiger partial charge in [-0.1, -0.05) is 11.6 Å². The van der Waals surface area contributed by atoms with Gasteiger partial charge in [-0.05, 0) is 6.07 Å². The van der Waals surface area contributed by atoms with Crippen molar-refractivity contribution in [3.63, 3.8) is 0 Å². The Balaban J connectivity index is 3.15. The maximum Gasteiger partial charge on any atom is 0.188 e. The van der Waals surface area contributed by atoms with E-state index >= 15 is 0 Å². The van der Waals surface area contributed by atoms with E-state index in [9.17, 15) is 8.60 Å². The van der Waals surface area contributed by atoms with Gasteiger partial charge in [0.05, 0.1) is 4.90 Å². The minimum absolute atomic E-state index is 0.105. The van der Waals surface area contributed by atoms with E-state index in [-0.39, 0.29) is 10.0 Å². The summed E-state index contributed by atoms with van der Waals surface area (Å²) in [4.78, 5) is 3.23. The van der Waals surface area contributed by atoms with Gasteiger partial charge in [-0.2, -0.15) is 0 Å². The largest absolute Gasteiger partial charge is 0.302 e. The van der Waals surface area contributed by atoms with Crippen LogP contribution in [0.2, 0.25) is 5.15 Å². The van der Waals surface area contributed by atoms with Gasteiger partial charge in [-0.15, -0.1) is 0 Å². The number of rotatable bonds is 1. The SMILES string of the molecule is O=S(O)c1cnc(Cl)c(F)c1. The van der Waals surface area contributed by atoms with Gasteiger partial charge >= 0.3 is 0 Å². The van der Waals surface area contributed by atoms with Crippen LogP contribution in [0.5, 0.6) is 0 Å². The summed E-state index contributed by atoms with van der Waals surface area (Å²) in [5.74, 6) is -0.799. The molecule has 0 aliphatic rings. The molecule has 6 heteroatoms. The minimum atomic E-state index is -2.21. The number of nitrogens with zero attached hydrogens (tertiary/aromatic N) is 1. The van der Waals surface area contributed by atoms with Crippen LogP contribution in [0.1, 0.15) is 0 Å². The summed E-state index contributed by atoms with van der Waals surface area (Å²) in [6.07, 6.45) is 1.04. The molecular formula is C5H3ClFNO2S. The third kappa shape index (κ3) is 1.95. The monoisotopic (exact) mass is 195 g/mol. The number of pyridine rings is 1. The summed E-state index contributed by atoms with van der Waals surface area (Å²) in [7, 11) is 0. The fraction of sp³-hybridized carbons (Fsp3) is 0. The van der Waals surface area contributed by atoms with Gasteiger partial charge in [-0.3, -0.25) is 0 Å². The van der Waals surface area contributed by atoms with Crippen molar-refractivity contribution >= 4 is 22.7 Å². The molecule has 1 N–H and O–H groups in total. The second kappa shape index (κ2) is 3.25. The zero-order valence-electron chi connectivity index (χ0n) is 5.12. The molecule has 0 radical (unpaired) electrons. The molecule has 0 bridgehead atoms. The molecule has 0 fully saturated rings. The van der Waals surface area contributed by atoms with Crippen molar-refractivity contribution in [3.8, 4) is 0 Å². The second-order valence-electron chi connectivity index (χ2n) is 1.69. The van der Waals surface area contributed by atoms with E-state index in [1.807, 2.05) is 0 Å². The molecule has 1 unspecified atom stereocenters. The van der Waals surface area contributed by atoms with E-state index in [4.69, 9.17) is 16.2 Å². The normalized spacial score (nSPS) is 13.0. The molecule has 60 valence electrons. The van der Waals surface area contributed by atoms with E-state index in [1.165, 1.54) is 0 Å².